The Kier molecular flexibility index (Phi) is 4.67. The van der Waals surface area contributed by atoms with E-state index >= 15 is 0 Å². The van der Waals surface area contributed by atoms with Crippen LogP contribution in [0.5, 0.6) is 0 Å². The second-order valence-corrected chi connectivity index (χ2v) is 5.75. The quantitative estimate of drug-likeness (QED) is 0.522. The third-order valence-corrected chi connectivity index (χ3v) is 2.65. The summed E-state index contributed by atoms with van der Waals surface area (Å²) in [7, 11) is 0. The SMILES string of the molecule is CC(C)(C)OC(=O)NC(C)(C=O)c1cccc([N+](=O)[O-])c1. The third-order valence-electron chi connectivity index (χ3n) is 2.65. The van der Waals surface area contributed by atoms with Crippen molar-refractivity contribution >= 4 is 18.1 Å². The van der Waals surface area contributed by atoms with E-state index in [0.717, 1.165) is 0 Å². The smallest absolute Gasteiger partial charge is 0.408 e. The first-order chi connectivity index (χ1) is 9.57. The van der Waals surface area contributed by atoms with E-state index in [9.17, 15) is 19.7 Å². The Morgan fingerprint density at radius 2 is 1.95 bits per heavy atom. The van der Waals surface area contributed by atoms with Gasteiger partial charge in [-0.15, -0.1) is 0 Å². The van der Waals surface area contributed by atoms with E-state index in [1.54, 1.807) is 20.8 Å². The largest absolute Gasteiger partial charge is 0.444 e. The molecule has 0 aliphatic rings. The molecule has 7 nitrogen and oxygen atoms in total. The highest BCUT2D eigenvalue weighted by molar-refractivity contribution is 5.78. The average molecular weight is 294 g/mol. The van der Waals surface area contributed by atoms with Crippen molar-refractivity contribution < 1.29 is 19.2 Å². The molecule has 1 N–H and O–H groups in total. The van der Waals surface area contributed by atoms with E-state index in [2.05, 4.69) is 5.32 Å². The van der Waals surface area contributed by atoms with E-state index in [1.807, 2.05) is 0 Å². The van der Waals surface area contributed by atoms with Crippen LogP contribution < -0.4 is 5.32 Å². The van der Waals surface area contributed by atoms with Gasteiger partial charge in [0.05, 0.1) is 4.92 Å². The molecule has 0 aliphatic carbocycles. The van der Waals surface area contributed by atoms with Gasteiger partial charge in [-0.1, -0.05) is 12.1 Å². The molecule has 1 unspecified atom stereocenters. The summed E-state index contributed by atoms with van der Waals surface area (Å²) in [5.41, 5.74) is -1.98. The van der Waals surface area contributed by atoms with Crippen LogP contribution >= 0.6 is 0 Å². The second-order valence-electron chi connectivity index (χ2n) is 5.75. The topological polar surface area (TPSA) is 98.5 Å². The molecular weight excluding hydrogens is 276 g/mol. The molecule has 0 spiro atoms. The van der Waals surface area contributed by atoms with Crippen molar-refractivity contribution in [2.24, 2.45) is 0 Å². The Bertz CT molecular complexity index is 565. The maximum Gasteiger partial charge on any atom is 0.408 e. The minimum Gasteiger partial charge on any atom is -0.444 e. The summed E-state index contributed by atoms with van der Waals surface area (Å²) in [5, 5.41) is 13.2. The van der Waals surface area contributed by atoms with Crippen LogP contribution in [0.4, 0.5) is 10.5 Å². The Morgan fingerprint density at radius 1 is 1.33 bits per heavy atom. The summed E-state index contributed by atoms with van der Waals surface area (Å²) in [5.74, 6) is 0. The fraction of sp³-hybridized carbons (Fsp3) is 0.429. The van der Waals surface area contributed by atoms with E-state index in [4.69, 9.17) is 4.74 Å². The van der Waals surface area contributed by atoms with Crippen molar-refractivity contribution in [2.75, 3.05) is 0 Å². The molecule has 0 fully saturated rings. The number of rotatable bonds is 4. The first kappa shape index (κ1) is 16.6. The average Bonchev–Trinajstić information content (AvgIpc) is 2.36. The first-order valence-electron chi connectivity index (χ1n) is 6.30. The highest BCUT2D eigenvalue weighted by atomic mass is 16.6. The summed E-state index contributed by atoms with van der Waals surface area (Å²) in [4.78, 5) is 33.4. The molecular formula is C14H18N2O5. The maximum atomic E-state index is 11.8. The number of nitro groups is 1. The zero-order chi connectivity index (χ0) is 16.3. The lowest BCUT2D eigenvalue weighted by Crippen LogP contribution is -2.46. The molecule has 1 aromatic rings. The number of benzene rings is 1. The molecule has 0 aromatic heterocycles. The molecule has 0 bridgehead atoms. The Balaban J connectivity index is 3.04. The molecule has 7 heteroatoms. The lowest BCUT2D eigenvalue weighted by Gasteiger charge is -2.27. The van der Waals surface area contributed by atoms with Gasteiger partial charge in [0.15, 0.2) is 0 Å². The van der Waals surface area contributed by atoms with Gasteiger partial charge in [-0.2, -0.15) is 0 Å². The Morgan fingerprint density at radius 3 is 2.43 bits per heavy atom. The standard InChI is InChI=1S/C14H18N2O5/c1-13(2,3)21-12(18)15-14(4,9-17)10-6-5-7-11(8-10)16(19)20/h5-9H,1-4H3,(H,15,18). The molecule has 114 valence electrons. The molecule has 0 aliphatic heterocycles. The highest BCUT2D eigenvalue weighted by Crippen LogP contribution is 2.23. The zero-order valence-electron chi connectivity index (χ0n) is 12.4. The van der Waals surface area contributed by atoms with E-state index < -0.39 is 22.2 Å². The molecule has 1 amide bonds. The van der Waals surface area contributed by atoms with E-state index in [-0.39, 0.29) is 5.69 Å². The van der Waals surface area contributed by atoms with Crippen LogP contribution in [0.2, 0.25) is 0 Å². The van der Waals surface area contributed by atoms with Crippen molar-refractivity contribution in [3.05, 3.63) is 39.9 Å². The first-order valence-corrected chi connectivity index (χ1v) is 6.30. The van der Waals surface area contributed by atoms with Crippen molar-refractivity contribution in [1.82, 2.24) is 5.32 Å². The molecule has 1 aromatic carbocycles. The summed E-state index contributed by atoms with van der Waals surface area (Å²) < 4.78 is 5.09. The predicted molar refractivity (Wildman–Crippen MR) is 75.9 cm³/mol. The van der Waals surface area contributed by atoms with Gasteiger partial charge < -0.3 is 14.8 Å². The van der Waals surface area contributed by atoms with Gasteiger partial charge in [0, 0.05) is 12.1 Å². The van der Waals surface area contributed by atoms with Crippen LogP contribution in [0.15, 0.2) is 24.3 Å². The summed E-state index contributed by atoms with van der Waals surface area (Å²) in [6, 6.07) is 5.53. The number of amides is 1. The molecule has 0 radical (unpaired) electrons. The van der Waals surface area contributed by atoms with E-state index in [1.165, 1.54) is 31.2 Å². The number of alkyl carbamates (subject to hydrolysis) is 1. The zero-order valence-corrected chi connectivity index (χ0v) is 12.4. The van der Waals surface area contributed by atoms with Crippen molar-refractivity contribution in [2.45, 2.75) is 38.8 Å². The van der Waals surface area contributed by atoms with Crippen LogP contribution in [-0.2, 0) is 15.1 Å². The number of nitro benzene ring substituents is 1. The molecule has 0 heterocycles. The van der Waals surface area contributed by atoms with Gasteiger partial charge in [0.1, 0.15) is 17.4 Å². The van der Waals surface area contributed by atoms with Crippen LogP contribution in [0.3, 0.4) is 0 Å². The Labute approximate surface area is 122 Å². The van der Waals surface area contributed by atoms with Gasteiger partial charge in [0.25, 0.3) is 5.69 Å². The second kappa shape index (κ2) is 5.90. The lowest BCUT2D eigenvalue weighted by molar-refractivity contribution is -0.385. The minimum atomic E-state index is -1.41. The molecule has 0 saturated heterocycles. The monoisotopic (exact) mass is 294 g/mol. The number of carbonyl (C=O) groups excluding carboxylic acids is 2. The summed E-state index contributed by atoms with van der Waals surface area (Å²) in [6.45, 7) is 6.53. The number of hydrogen-bond donors (Lipinski definition) is 1. The van der Waals surface area contributed by atoms with Gasteiger partial charge in [-0.25, -0.2) is 4.79 Å². The van der Waals surface area contributed by atoms with Gasteiger partial charge in [-0.05, 0) is 33.3 Å². The Hall–Kier alpha value is -2.44. The number of carbonyl (C=O) groups is 2. The van der Waals surface area contributed by atoms with Crippen molar-refractivity contribution in [1.29, 1.82) is 0 Å². The molecule has 1 atom stereocenters. The van der Waals surface area contributed by atoms with Crippen molar-refractivity contribution in [3.63, 3.8) is 0 Å². The molecule has 1 rings (SSSR count). The van der Waals surface area contributed by atoms with Gasteiger partial charge in [-0.3, -0.25) is 10.1 Å². The fourth-order valence-electron chi connectivity index (χ4n) is 1.63. The molecule has 0 saturated carbocycles. The fourth-order valence-corrected chi connectivity index (χ4v) is 1.63. The van der Waals surface area contributed by atoms with Gasteiger partial charge in [0.2, 0.25) is 0 Å². The van der Waals surface area contributed by atoms with Gasteiger partial charge >= 0.3 is 6.09 Å². The minimum absolute atomic E-state index is 0.161. The van der Waals surface area contributed by atoms with Crippen LogP contribution in [0.1, 0.15) is 33.3 Å². The van der Waals surface area contributed by atoms with Crippen LogP contribution in [-0.4, -0.2) is 22.9 Å². The van der Waals surface area contributed by atoms with Crippen LogP contribution in [0.25, 0.3) is 0 Å². The summed E-state index contributed by atoms with van der Waals surface area (Å²) >= 11 is 0. The van der Waals surface area contributed by atoms with Crippen molar-refractivity contribution in [3.8, 4) is 0 Å². The third kappa shape index (κ3) is 4.55. The number of nitrogens with one attached hydrogen (secondary N) is 1. The normalized spacial score (nSPS) is 13.9. The van der Waals surface area contributed by atoms with E-state index in [0.29, 0.717) is 11.8 Å². The van der Waals surface area contributed by atoms with Crippen LogP contribution in [0, 0.1) is 10.1 Å². The number of aldehydes is 1. The predicted octanol–water partition coefficient (Wildman–Crippen LogP) is 2.53. The lowest BCUT2D eigenvalue weighted by atomic mass is 9.93. The maximum absolute atomic E-state index is 11.8. The number of hydrogen-bond acceptors (Lipinski definition) is 5. The highest BCUT2D eigenvalue weighted by Gasteiger charge is 2.31. The number of non-ortho nitro benzene ring substituents is 1. The number of ether oxygens (including phenoxy) is 1. The number of nitrogens with zero attached hydrogens (tertiary/aromatic N) is 1. The summed E-state index contributed by atoms with van der Waals surface area (Å²) in [6.07, 6.45) is -0.265. The molecule has 21 heavy (non-hydrogen) atoms.